The molecule has 21 heavy (non-hydrogen) atoms. The lowest BCUT2D eigenvalue weighted by Crippen LogP contribution is -2.40. The van der Waals surface area contributed by atoms with Crippen molar-refractivity contribution in [2.24, 2.45) is 10.8 Å². The second-order valence-corrected chi connectivity index (χ2v) is 8.27. The summed E-state index contributed by atoms with van der Waals surface area (Å²) in [6, 6.07) is 0.293. The van der Waals surface area contributed by atoms with E-state index in [-0.39, 0.29) is 5.41 Å². The number of carbonyl (C=O) groups excluding carboxylic acids is 1. The summed E-state index contributed by atoms with van der Waals surface area (Å²) in [6.07, 6.45) is 6.38. The Hall–Kier alpha value is -0.570. The van der Waals surface area contributed by atoms with Crippen molar-refractivity contribution in [2.75, 3.05) is 20.3 Å². The summed E-state index contributed by atoms with van der Waals surface area (Å²) < 4.78 is 5.25. The van der Waals surface area contributed by atoms with Crippen LogP contribution in [0.2, 0.25) is 0 Å². The van der Waals surface area contributed by atoms with Gasteiger partial charge in [-0.15, -0.1) is 0 Å². The molecule has 0 aromatic rings. The van der Waals surface area contributed by atoms with Gasteiger partial charge < -0.3 is 9.64 Å². The van der Waals surface area contributed by atoms with Crippen molar-refractivity contribution < 1.29 is 9.53 Å². The Morgan fingerprint density at radius 3 is 2.48 bits per heavy atom. The van der Waals surface area contributed by atoms with E-state index in [1.807, 2.05) is 0 Å². The van der Waals surface area contributed by atoms with Crippen LogP contribution < -0.4 is 0 Å². The van der Waals surface area contributed by atoms with Crippen molar-refractivity contribution in [3.05, 3.63) is 0 Å². The fourth-order valence-electron chi connectivity index (χ4n) is 4.16. The first kappa shape index (κ1) is 18.5. The Balaban J connectivity index is 2.59. The molecule has 1 atom stereocenters. The second-order valence-electron chi connectivity index (χ2n) is 8.27. The Morgan fingerprint density at radius 1 is 1.24 bits per heavy atom. The molecule has 0 N–H and O–H groups in total. The van der Waals surface area contributed by atoms with Crippen LogP contribution in [0.25, 0.3) is 0 Å². The molecule has 1 fully saturated rings. The first-order valence-corrected chi connectivity index (χ1v) is 8.49. The molecule has 0 aromatic carbocycles. The van der Waals surface area contributed by atoms with Crippen molar-refractivity contribution >= 4 is 5.91 Å². The Kier molecular flexibility index (Phi) is 6.71. The van der Waals surface area contributed by atoms with E-state index in [4.69, 9.17) is 4.74 Å². The number of carbonyl (C=O) groups is 1. The maximum absolute atomic E-state index is 12.7. The van der Waals surface area contributed by atoms with Crippen LogP contribution in [0.4, 0.5) is 0 Å². The van der Waals surface area contributed by atoms with Gasteiger partial charge in [-0.1, -0.05) is 41.0 Å². The number of nitrogens with zero attached hydrogens (tertiary/aromatic N) is 1. The zero-order valence-corrected chi connectivity index (χ0v) is 15.0. The Labute approximate surface area is 131 Å². The van der Waals surface area contributed by atoms with Crippen LogP contribution in [0.15, 0.2) is 0 Å². The van der Waals surface area contributed by atoms with Gasteiger partial charge >= 0.3 is 0 Å². The van der Waals surface area contributed by atoms with Gasteiger partial charge in [0.05, 0.1) is 12.6 Å². The van der Waals surface area contributed by atoms with Crippen LogP contribution in [-0.2, 0) is 9.53 Å². The molecule has 3 nitrogen and oxygen atoms in total. The quantitative estimate of drug-likeness (QED) is 0.670. The van der Waals surface area contributed by atoms with Crippen molar-refractivity contribution in [1.82, 2.24) is 4.90 Å². The molecule has 0 saturated carbocycles. The predicted molar refractivity (Wildman–Crippen MR) is 88.3 cm³/mol. The summed E-state index contributed by atoms with van der Waals surface area (Å²) in [5.41, 5.74) is 0.380. The molecule has 1 saturated heterocycles. The predicted octanol–water partition coefficient (Wildman–Crippen LogP) is 4.26. The molecule has 1 unspecified atom stereocenters. The summed E-state index contributed by atoms with van der Waals surface area (Å²) in [5, 5.41) is 0. The van der Waals surface area contributed by atoms with E-state index < -0.39 is 0 Å². The van der Waals surface area contributed by atoms with E-state index >= 15 is 0 Å². The van der Waals surface area contributed by atoms with Crippen LogP contribution in [0.3, 0.4) is 0 Å². The number of rotatable bonds is 8. The summed E-state index contributed by atoms with van der Waals surface area (Å²) in [7, 11) is 1.72. The molecule has 0 spiro atoms. The molecule has 0 aromatic heterocycles. The van der Waals surface area contributed by atoms with Gasteiger partial charge in [0.1, 0.15) is 0 Å². The molecule has 0 radical (unpaired) electrons. The molecule has 1 aliphatic rings. The van der Waals surface area contributed by atoms with E-state index in [1.165, 1.54) is 12.8 Å². The average Bonchev–Trinajstić information content (AvgIpc) is 2.75. The highest BCUT2D eigenvalue weighted by Gasteiger charge is 2.34. The summed E-state index contributed by atoms with van der Waals surface area (Å²) in [6.45, 7) is 12.9. The van der Waals surface area contributed by atoms with Gasteiger partial charge in [-0.05, 0) is 36.5 Å². The number of amides is 1. The van der Waals surface area contributed by atoms with E-state index in [0.717, 1.165) is 25.8 Å². The highest BCUT2D eigenvalue weighted by molar-refractivity contribution is 5.77. The van der Waals surface area contributed by atoms with Gasteiger partial charge in [0.25, 0.3) is 0 Å². The molecule has 1 heterocycles. The van der Waals surface area contributed by atoms with E-state index in [2.05, 4.69) is 39.5 Å². The molecular weight excluding hydrogens is 262 g/mol. The highest BCUT2D eigenvalue weighted by Crippen LogP contribution is 2.39. The van der Waals surface area contributed by atoms with Crippen molar-refractivity contribution in [1.29, 1.82) is 0 Å². The number of ether oxygens (including phenoxy) is 1. The second kappa shape index (κ2) is 7.62. The largest absolute Gasteiger partial charge is 0.383 e. The Morgan fingerprint density at radius 2 is 1.90 bits per heavy atom. The lowest BCUT2D eigenvalue weighted by atomic mass is 9.71. The Bertz CT molecular complexity index is 336. The van der Waals surface area contributed by atoms with Crippen LogP contribution in [0.5, 0.6) is 0 Å². The summed E-state index contributed by atoms with van der Waals surface area (Å²) in [4.78, 5) is 14.7. The third-order valence-electron chi connectivity index (χ3n) is 4.57. The first-order chi connectivity index (χ1) is 9.71. The lowest BCUT2D eigenvalue weighted by Gasteiger charge is -2.36. The molecule has 124 valence electrons. The van der Waals surface area contributed by atoms with Crippen LogP contribution in [0, 0.1) is 10.8 Å². The van der Waals surface area contributed by atoms with E-state index in [1.54, 1.807) is 7.11 Å². The monoisotopic (exact) mass is 297 g/mol. The van der Waals surface area contributed by atoms with Gasteiger partial charge in [-0.3, -0.25) is 4.79 Å². The fraction of sp³-hybridized carbons (Fsp3) is 0.944. The molecule has 1 rings (SSSR count). The van der Waals surface area contributed by atoms with Gasteiger partial charge in [0.2, 0.25) is 5.91 Å². The van der Waals surface area contributed by atoms with Gasteiger partial charge in [0.15, 0.2) is 0 Å². The SMILES string of the molecule is CCCC(C)(C)CC(C)(C)CC(=O)N1CCCC1COC. The third kappa shape index (κ3) is 5.98. The third-order valence-corrected chi connectivity index (χ3v) is 4.57. The number of methoxy groups -OCH3 is 1. The number of hydrogen-bond donors (Lipinski definition) is 0. The van der Waals surface area contributed by atoms with Crippen LogP contribution >= 0.6 is 0 Å². The summed E-state index contributed by atoms with van der Waals surface area (Å²) in [5.74, 6) is 0.312. The maximum atomic E-state index is 12.7. The fourth-order valence-corrected chi connectivity index (χ4v) is 4.16. The zero-order valence-electron chi connectivity index (χ0n) is 15.0. The zero-order chi connectivity index (χ0) is 16.1. The average molecular weight is 297 g/mol. The van der Waals surface area contributed by atoms with Gasteiger partial charge in [-0.25, -0.2) is 0 Å². The standard InChI is InChI=1S/C18H35NO2/c1-7-10-17(2,3)14-18(4,5)12-16(20)19-11-8-9-15(19)13-21-6/h15H,7-14H2,1-6H3. The topological polar surface area (TPSA) is 29.5 Å². The molecular formula is C18H35NO2. The van der Waals surface area contributed by atoms with E-state index in [0.29, 0.717) is 30.4 Å². The minimum atomic E-state index is 0.0654. The minimum absolute atomic E-state index is 0.0654. The first-order valence-electron chi connectivity index (χ1n) is 8.49. The van der Waals surface area contributed by atoms with Crippen LogP contribution in [0.1, 0.15) is 73.1 Å². The number of hydrogen-bond acceptors (Lipinski definition) is 2. The van der Waals surface area contributed by atoms with Crippen molar-refractivity contribution in [3.63, 3.8) is 0 Å². The maximum Gasteiger partial charge on any atom is 0.223 e. The molecule has 3 heteroatoms. The summed E-state index contributed by atoms with van der Waals surface area (Å²) >= 11 is 0. The lowest BCUT2D eigenvalue weighted by molar-refractivity contribution is -0.135. The normalized spacial score (nSPS) is 20.1. The minimum Gasteiger partial charge on any atom is -0.383 e. The molecule has 1 amide bonds. The van der Waals surface area contributed by atoms with Gasteiger partial charge in [-0.2, -0.15) is 0 Å². The van der Waals surface area contributed by atoms with E-state index in [9.17, 15) is 4.79 Å². The van der Waals surface area contributed by atoms with Crippen molar-refractivity contribution in [3.8, 4) is 0 Å². The van der Waals surface area contributed by atoms with Crippen molar-refractivity contribution in [2.45, 2.75) is 79.2 Å². The molecule has 0 aliphatic carbocycles. The molecule has 0 bridgehead atoms. The smallest absolute Gasteiger partial charge is 0.223 e. The molecule has 1 aliphatic heterocycles. The van der Waals surface area contributed by atoms with Gasteiger partial charge in [0, 0.05) is 20.1 Å². The highest BCUT2D eigenvalue weighted by atomic mass is 16.5. The van der Waals surface area contributed by atoms with Crippen LogP contribution in [-0.4, -0.2) is 37.1 Å². The number of likely N-dealkylation sites (tertiary alicyclic amines) is 1.